The van der Waals surface area contributed by atoms with Crippen molar-refractivity contribution in [3.05, 3.63) is 96.7 Å². The van der Waals surface area contributed by atoms with E-state index < -0.39 is 5.60 Å². The Balaban J connectivity index is 1.27. The molecule has 0 saturated carbocycles. The molecule has 3 heterocycles. The number of methoxy groups -OCH3 is 1. The lowest BCUT2D eigenvalue weighted by Gasteiger charge is -2.24. The fraction of sp³-hybridized carbons (Fsp3) is 0.286. The molecule has 0 spiro atoms. The molecule has 1 fully saturated rings. The van der Waals surface area contributed by atoms with Gasteiger partial charge in [-0.15, -0.1) is 5.10 Å². The Kier molecular flexibility index (Phi) is 8.46. The third kappa shape index (κ3) is 7.29. The number of pyridine rings is 1. The first kappa shape index (κ1) is 29.8. The van der Waals surface area contributed by atoms with Gasteiger partial charge in [0, 0.05) is 24.8 Å². The number of fused-ring (bicyclic) bond motifs is 1. The van der Waals surface area contributed by atoms with E-state index in [4.69, 9.17) is 29.0 Å². The molecule has 1 saturated heterocycles. The number of aromatic nitrogens is 3. The van der Waals surface area contributed by atoms with E-state index in [9.17, 15) is 4.79 Å². The Morgan fingerprint density at radius 2 is 1.64 bits per heavy atom. The number of carbonyl (C=O) groups excluding carboxylic acids is 1. The molecule has 10 heteroatoms. The molecule has 10 nitrogen and oxygen atoms in total. The van der Waals surface area contributed by atoms with Gasteiger partial charge < -0.3 is 29.2 Å². The summed E-state index contributed by atoms with van der Waals surface area (Å²) in [5.41, 5.74) is 2.82. The topological polar surface area (TPSA) is 100.0 Å². The van der Waals surface area contributed by atoms with Crippen LogP contribution in [0.25, 0.3) is 11.0 Å². The highest BCUT2D eigenvalue weighted by Crippen LogP contribution is 2.35. The van der Waals surface area contributed by atoms with Crippen molar-refractivity contribution in [1.82, 2.24) is 19.7 Å². The SMILES string of the molecule is COc1ccc(Cn2nc(OC3CCN(C(=O)OC(C)(C)C)C3)c3c(Nc4ccc(Oc5ccccc5)cc4)ccnc32)cc1. The predicted octanol–water partition coefficient (Wildman–Crippen LogP) is 7.41. The van der Waals surface area contributed by atoms with Crippen LogP contribution in [0.4, 0.5) is 16.2 Å². The van der Waals surface area contributed by atoms with Crippen molar-refractivity contribution in [1.29, 1.82) is 0 Å². The van der Waals surface area contributed by atoms with Crippen LogP contribution in [0.2, 0.25) is 0 Å². The van der Waals surface area contributed by atoms with E-state index >= 15 is 0 Å². The Morgan fingerprint density at radius 1 is 0.933 bits per heavy atom. The number of amides is 1. The van der Waals surface area contributed by atoms with Crippen molar-refractivity contribution in [3.63, 3.8) is 0 Å². The van der Waals surface area contributed by atoms with Crippen molar-refractivity contribution < 1.29 is 23.7 Å². The van der Waals surface area contributed by atoms with Crippen LogP contribution in [0.5, 0.6) is 23.1 Å². The summed E-state index contributed by atoms with van der Waals surface area (Å²) >= 11 is 0. The van der Waals surface area contributed by atoms with Crippen LogP contribution < -0.4 is 19.5 Å². The molecule has 45 heavy (non-hydrogen) atoms. The molecule has 3 aromatic carbocycles. The summed E-state index contributed by atoms with van der Waals surface area (Å²) in [6, 6.07) is 27.2. The van der Waals surface area contributed by atoms with Crippen molar-refractivity contribution in [2.24, 2.45) is 0 Å². The second-order valence-electron chi connectivity index (χ2n) is 11.9. The van der Waals surface area contributed by atoms with Gasteiger partial charge in [0.1, 0.15) is 34.3 Å². The molecule has 1 atom stereocenters. The number of hydrogen-bond acceptors (Lipinski definition) is 8. The number of anilines is 2. The molecular formula is C35H37N5O5. The van der Waals surface area contributed by atoms with Crippen molar-refractivity contribution >= 4 is 28.5 Å². The fourth-order valence-corrected chi connectivity index (χ4v) is 5.13. The van der Waals surface area contributed by atoms with Crippen molar-refractivity contribution in [2.75, 3.05) is 25.5 Å². The molecule has 1 aliphatic rings. The lowest BCUT2D eigenvalue weighted by Crippen LogP contribution is -2.36. The summed E-state index contributed by atoms with van der Waals surface area (Å²) in [5, 5.41) is 9.16. The third-order valence-electron chi connectivity index (χ3n) is 7.28. The smallest absolute Gasteiger partial charge is 0.410 e. The molecule has 0 aliphatic carbocycles. The summed E-state index contributed by atoms with van der Waals surface area (Å²) < 4.78 is 25.2. The molecular weight excluding hydrogens is 570 g/mol. The summed E-state index contributed by atoms with van der Waals surface area (Å²) in [4.78, 5) is 19.1. The molecule has 1 amide bonds. The first-order valence-corrected chi connectivity index (χ1v) is 15.0. The second kappa shape index (κ2) is 12.8. The number of nitrogens with one attached hydrogen (secondary N) is 1. The number of hydrogen-bond donors (Lipinski definition) is 1. The predicted molar refractivity (Wildman–Crippen MR) is 173 cm³/mol. The molecule has 1 aliphatic heterocycles. The Morgan fingerprint density at radius 3 is 2.36 bits per heavy atom. The quantitative estimate of drug-likeness (QED) is 0.185. The largest absolute Gasteiger partial charge is 0.497 e. The zero-order valence-electron chi connectivity index (χ0n) is 25.9. The lowest BCUT2D eigenvalue weighted by atomic mass is 10.2. The minimum absolute atomic E-state index is 0.243. The summed E-state index contributed by atoms with van der Waals surface area (Å²) in [6.07, 6.45) is 1.84. The van der Waals surface area contributed by atoms with Crippen LogP contribution in [0.1, 0.15) is 32.8 Å². The van der Waals surface area contributed by atoms with Gasteiger partial charge >= 0.3 is 6.09 Å². The first-order valence-electron chi connectivity index (χ1n) is 15.0. The van der Waals surface area contributed by atoms with E-state index in [0.29, 0.717) is 37.6 Å². The van der Waals surface area contributed by atoms with Crippen molar-refractivity contribution in [2.45, 2.75) is 45.4 Å². The zero-order chi connectivity index (χ0) is 31.4. The van der Waals surface area contributed by atoms with Crippen LogP contribution >= 0.6 is 0 Å². The fourth-order valence-electron chi connectivity index (χ4n) is 5.13. The molecule has 6 rings (SSSR count). The second-order valence-corrected chi connectivity index (χ2v) is 11.9. The molecule has 0 bridgehead atoms. The molecule has 0 radical (unpaired) electrons. The Labute approximate surface area is 262 Å². The minimum atomic E-state index is -0.565. The number of benzene rings is 3. The van der Waals surface area contributed by atoms with Crippen LogP contribution in [0.3, 0.4) is 0 Å². The maximum Gasteiger partial charge on any atom is 0.410 e. The van der Waals surface area contributed by atoms with Gasteiger partial charge in [0.15, 0.2) is 5.65 Å². The third-order valence-corrected chi connectivity index (χ3v) is 7.28. The number of ether oxygens (including phenoxy) is 4. The van der Waals surface area contributed by atoms with Crippen molar-refractivity contribution in [3.8, 4) is 23.1 Å². The average molecular weight is 608 g/mol. The highest BCUT2D eigenvalue weighted by atomic mass is 16.6. The first-order chi connectivity index (χ1) is 21.7. The molecule has 1 N–H and O–H groups in total. The summed E-state index contributed by atoms with van der Waals surface area (Å²) in [5.74, 6) is 2.75. The van der Waals surface area contributed by atoms with Gasteiger partial charge in [-0.3, -0.25) is 0 Å². The van der Waals surface area contributed by atoms with E-state index in [1.807, 2.05) is 110 Å². The molecule has 232 valence electrons. The van der Waals surface area contributed by atoms with E-state index in [0.717, 1.165) is 39.6 Å². The number of nitrogens with zero attached hydrogens (tertiary/aromatic N) is 4. The molecule has 2 aromatic heterocycles. The average Bonchev–Trinajstić information content (AvgIpc) is 3.64. The van der Waals surface area contributed by atoms with Gasteiger partial charge in [-0.05, 0) is 80.9 Å². The van der Waals surface area contributed by atoms with Gasteiger partial charge in [0.05, 0.1) is 25.9 Å². The molecule has 5 aromatic rings. The highest BCUT2D eigenvalue weighted by Gasteiger charge is 2.32. The standard InChI is InChI=1S/C35H37N5O5/c1-35(2,3)45-34(41)39-21-19-29(23-39)44-33-31-30(37-25-12-16-28(17-13-25)43-27-8-6-5-7-9-27)18-20-36-32(31)40(38-33)22-24-10-14-26(42-4)15-11-24/h5-18,20,29H,19,21-23H2,1-4H3,(H,36,37). The Bertz CT molecular complexity index is 1750. The monoisotopic (exact) mass is 607 g/mol. The van der Waals surface area contributed by atoms with Gasteiger partial charge in [0.25, 0.3) is 0 Å². The highest BCUT2D eigenvalue weighted by molar-refractivity contribution is 5.95. The number of rotatable bonds is 9. The van der Waals surface area contributed by atoms with E-state index in [1.54, 1.807) is 18.2 Å². The van der Waals surface area contributed by atoms with E-state index in [1.165, 1.54) is 0 Å². The lowest BCUT2D eigenvalue weighted by molar-refractivity contribution is 0.0275. The normalized spacial score (nSPS) is 14.8. The van der Waals surface area contributed by atoms with Crippen LogP contribution in [0, 0.1) is 0 Å². The maximum absolute atomic E-state index is 12.7. The van der Waals surface area contributed by atoms with Crippen LogP contribution in [-0.4, -0.2) is 57.7 Å². The minimum Gasteiger partial charge on any atom is -0.497 e. The van der Waals surface area contributed by atoms with Crippen LogP contribution in [-0.2, 0) is 11.3 Å². The van der Waals surface area contributed by atoms with E-state index in [2.05, 4.69) is 5.32 Å². The maximum atomic E-state index is 12.7. The summed E-state index contributed by atoms with van der Waals surface area (Å²) in [7, 11) is 1.65. The van der Waals surface area contributed by atoms with Crippen LogP contribution in [0.15, 0.2) is 91.1 Å². The van der Waals surface area contributed by atoms with Gasteiger partial charge in [-0.25, -0.2) is 14.5 Å². The molecule has 1 unspecified atom stereocenters. The number of likely N-dealkylation sites (tertiary alicyclic amines) is 1. The number of carbonyl (C=O) groups is 1. The number of para-hydroxylation sites is 1. The zero-order valence-corrected chi connectivity index (χ0v) is 25.9. The van der Waals surface area contributed by atoms with E-state index in [-0.39, 0.29) is 12.2 Å². The van der Waals surface area contributed by atoms with Gasteiger partial charge in [0.2, 0.25) is 5.88 Å². The van der Waals surface area contributed by atoms with Gasteiger partial charge in [-0.2, -0.15) is 0 Å². The van der Waals surface area contributed by atoms with Gasteiger partial charge in [-0.1, -0.05) is 30.3 Å². The Hall–Kier alpha value is -5.25. The summed E-state index contributed by atoms with van der Waals surface area (Å²) in [6.45, 7) is 7.03.